The monoisotopic (exact) mass is 401 g/mol. The number of aromatic nitrogens is 2. The first-order valence-electron chi connectivity index (χ1n) is 9.98. The summed E-state index contributed by atoms with van der Waals surface area (Å²) in [6, 6.07) is 5.83. The quantitative estimate of drug-likeness (QED) is 0.698. The predicted octanol–water partition coefficient (Wildman–Crippen LogP) is 1.52. The Hall–Kier alpha value is -2.74. The Bertz CT molecular complexity index is 808. The minimum atomic E-state index is 0.0644. The molecule has 3 rings (SSSR count). The second-order valence-electron chi connectivity index (χ2n) is 7.34. The normalized spacial score (nSPS) is 14.7. The van der Waals surface area contributed by atoms with E-state index in [-0.39, 0.29) is 5.91 Å². The van der Waals surface area contributed by atoms with Crippen LogP contribution >= 0.6 is 0 Å². The highest BCUT2D eigenvalue weighted by Crippen LogP contribution is 2.27. The van der Waals surface area contributed by atoms with Crippen LogP contribution in [0.4, 0.5) is 5.69 Å². The molecule has 1 aliphatic heterocycles. The number of methoxy groups -OCH3 is 2. The molecule has 2 heterocycles. The SMILES string of the molecule is COc1ccc(CCNC(=O)CN2CCN(c3c(C)n[nH]c3C)CC2)cc1OC. The maximum absolute atomic E-state index is 12.3. The van der Waals surface area contributed by atoms with Gasteiger partial charge in [0.25, 0.3) is 0 Å². The Kier molecular flexibility index (Phi) is 6.98. The smallest absolute Gasteiger partial charge is 0.234 e. The molecular weight excluding hydrogens is 370 g/mol. The van der Waals surface area contributed by atoms with Crippen molar-refractivity contribution in [3.63, 3.8) is 0 Å². The number of carbonyl (C=O) groups excluding carboxylic acids is 1. The van der Waals surface area contributed by atoms with Gasteiger partial charge >= 0.3 is 0 Å². The van der Waals surface area contributed by atoms with E-state index >= 15 is 0 Å². The Balaban J connectivity index is 1.40. The lowest BCUT2D eigenvalue weighted by Crippen LogP contribution is -2.49. The van der Waals surface area contributed by atoms with Crippen LogP contribution < -0.4 is 19.7 Å². The highest BCUT2D eigenvalue weighted by molar-refractivity contribution is 5.78. The van der Waals surface area contributed by atoms with Crippen LogP contribution in [0, 0.1) is 13.8 Å². The first-order chi connectivity index (χ1) is 14.0. The van der Waals surface area contributed by atoms with E-state index in [0.717, 1.165) is 49.6 Å². The minimum Gasteiger partial charge on any atom is -0.493 e. The van der Waals surface area contributed by atoms with Crippen LogP contribution in [0.25, 0.3) is 0 Å². The van der Waals surface area contributed by atoms with Gasteiger partial charge in [-0.2, -0.15) is 5.10 Å². The van der Waals surface area contributed by atoms with Crippen molar-refractivity contribution in [2.24, 2.45) is 0 Å². The molecule has 1 aromatic carbocycles. The third kappa shape index (κ3) is 5.20. The number of H-pyrrole nitrogens is 1. The van der Waals surface area contributed by atoms with Gasteiger partial charge in [0.2, 0.25) is 5.91 Å². The minimum absolute atomic E-state index is 0.0644. The third-order valence-electron chi connectivity index (χ3n) is 5.33. The van der Waals surface area contributed by atoms with Gasteiger partial charge in [-0.15, -0.1) is 0 Å². The summed E-state index contributed by atoms with van der Waals surface area (Å²) < 4.78 is 10.6. The largest absolute Gasteiger partial charge is 0.493 e. The highest BCUT2D eigenvalue weighted by Gasteiger charge is 2.22. The molecule has 8 heteroatoms. The Morgan fingerprint density at radius 1 is 1.14 bits per heavy atom. The molecule has 0 atom stereocenters. The van der Waals surface area contributed by atoms with E-state index in [1.807, 2.05) is 32.0 Å². The molecule has 1 saturated heterocycles. The number of nitrogens with zero attached hydrogens (tertiary/aromatic N) is 3. The van der Waals surface area contributed by atoms with Crippen molar-refractivity contribution >= 4 is 11.6 Å². The summed E-state index contributed by atoms with van der Waals surface area (Å²) >= 11 is 0. The molecule has 158 valence electrons. The number of aryl methyl sites for hydroxylation is 2. The van der Waals surface area contributed by atoms with Crippen molar-refractivity contribution in [3.05, 3.63) is 35.2 Å². The van der Waals surface area contributed by atoms with Crippen molar-refractivity contribution in [1.29, 1.82) is 0 Å². The van der Waals surface area contributed by atoms with Crippen molar-refractivity contribution < 1.29 is 14.3 Å². The number of amides is 1. The van der Waals surface area contributed by atoms with Gasteiger partial charge < -0.3 is 19.7 Å². The maximum Gasteiger partial charge on any atom is 0.234 e. The zero-order chi connectivity index (χ0) is 20.8. The fourth-order valence-electron chi connectivity index (χ4n) is 3.78. The van der Waals surface area contributed by atoms with Gasteiger partial charge in [0, 0.05) is 32.7 Å². The first kappa shape index (κ1) is 21.0. The van der Waals surface area contributed by atoms with Crippen LogP contribution in [0.2, 0.25) is 0 Å². The van der Waals surface area contributed by atoms with Gasteiger partial charge in [-0.3, -0.25) is 14.8 Å². The van der Waals surface area contributed by atoms with E-state index in [2.05, 4.69) is 25.3 Å². The van der Waals surface area contributed by atoms with Crippen LogP contribution in [0.15, 0.2) is 18.2 Å². The molecule has 8 nitrogen and oxygen atoms in total. The summed E-state index contributed by atoms with van der Waals surface area (Å²) in [6.45, 7) is 8.65. The summed E-state index contributed by atoms with van der Waals surface area (Å²) in [7, 11) is 3.24. The fraction of sp³-hybridized carbons (Fsp3) is 0.524. The number of hydrogen-bond donors (Lipinski definition) is 2. The van der Waals surface area contributed by atoms with Crippen LogP contribution in [-0.4, -0.2) is 74.5 Å². The summed E-state index contributed by atoms with van der Waals surface area (Å²) in [5.41, 5.74) is 4.43. The molecule has 1 aliphatic rings. The lowest BCUT2D eigenvalue weighted by Gasteiger charge is -2.35. The van der Waals surface area contributed by atoms with E-state index in [1.54, 1.807) is 14.2 Å². The topological polar surface area (TPSA) is 82.7 Å². The van der Waals surface area contributed by atoms with Gasteiger partial charge in [-0.1, -0.05) is 6.07 Å². The summed E-state index contributed by atoms with van der Waals surface area (Å²) in [5, 5.41) is 10.3. The lowest BCUT2D eigenvalue weighted by atomic mass is 10.1. The number of anilines is 1. The number of aromatic amines is 1. The Labute approximate surface area is 172 Å². The molecule has 0 saturated carbocycles. The van der Waals surface area contributed by atoms with Crippen LogP contribution in [0.3, 0.4) is 0 Å². The van der Waals surface area contributed by atoms with E-state index in [9.17, 15) is 4.79 Å². The average Bonchev–Trinajstić information content (AvgIpc) is 3.06. The van der Waals surface area contributed by atoms with Crippen molar-refractivity contribution in [3.8, 4) is 11.5 Å². The second-order valence-corrected chi connectivity index (χ2v) is 7.34. The highest BCUT2D eigenvalue weighted by atomic mass is 16.5. The van der Waals surface area contributed by atoms with E-state index in [0.29, 0.717) is 24.6 Å². The second kappa shape index (κ2) is 9.65. The van der Waals surface area contributed by atoms with Crippen LogP contribution in [0.5, 0.6) is 11.5 Å². The molecule has 2 aromatic rings. The van der Waals surface area contributed by atoms with E-state index in [4.69, 9.17) is 9.47 Å². The number of piperazine rings is 1. The molecule has 1 aromatic heterocycles. The fourth-order valence-corrected chi connectivity index (χ4v) is 3.78. The molecule has 1 fully saturated rings. The third-order valence-corrected chi connectivity index (χ3v) is 5.33. The number of nitrogens with one attached hydrogen (secondary N) is 2. The Morgan fingerprint density at radius 2 is 1.86 bits per heavy atom. The zero-order valence-electron chi connectivity index (χ0n) is 17.7. The molecule has 1 amide bonds. The van der Waals surface area contributed by atoms with Crippen molar-refractivity contribution in [2.45, 2.75) is 20.3 Å². The lowest BCUT2D eigenvalue weighted by molar-refractivity contribution is -0.122. The van der Waals surface area contributed by atoms with Crippen molar-refractivity contribution in [1.82, 2.24) is 20.4 Å². The van der Waals surface area contributed by atoms with Gasteiger partial charge in [-0.25, -0.2) is 0 Å². The molecule has 2 N–H and O–H groups in total. The zero-order valence-corrected chi connectivity index (χ0v) is 17.7. The van der Waals surface area contributed by atoms with Crippen molar-refractivity contribution in [2.75, 3.05) is 58.4 Å². The van der Waals surface area contributed by atoms with E-state index in [1.165, 1.54) is 5.69 Å². The van der Waals surface area contributed by atoms with Gasteiger partial charge in [0.15, 0.2) is 11.5 Å². The molecule has 0 aliphatic carbocycles. The standard InChI is InChI=1S/C21H31N5O3/c1-15-21(16(2)24-23-15)26-11-9-25(10-12-26)14-20(27)22-8-7-17-5-6-18(28-3)19(13-17)29-4/h5-6,13H,7-12,14H2,1-4H3,(H,22,27)(H,23,24). The number of rotatable bonds is 8. The molecule has 0 unspecified atom stereocenters. The van der Waals surface area contributed by atoms with E-state index < -0.39 is 0 Å². The first-order valence-corrected chi connectivity index (χ1v) is 9.98. The van der Waals surface area contributed by atoms with Gasteiger partial charge in [-0.05, 0) is 38.0 Å². The summed E-state index contributed by atoms with van der Waals surface area (Å²) in [6.07, 6.45) is 0.749. The molecule has 0 bridgehead atoms. The van der Waals surface area contributed by atoms with Gasteiger partial charge in [0.1, 0.15) is 0 Å². The maximum atomic E-state index is 12.3. The predicted molar refractivity (Wildman–Crippen MR) is 113 cm³/mol. The van der Waals surface area contributed by atoms with Crippen LogP contribution in [0.1, 0.15) is 17.0 Å². The number of carbonyl (C=O) groups is 1. The summed E-state index contributed by atoms with van der Waals surface area (Å²) in [5.74, 6) is 1.48. The molecule has 29 heavy (non-hydrogen) atoms. The van der Waals surface area contributed by atoms with Crippen LogP contribution in [-0.2, 0) is 11.2 Å². The molecular formula is C21H31N5O3. The molecule has 0 radical (unpaired) electrons. The Morgan fingerprint density at radius 3 is 2.48 bits per heavy atom. The summed E-state index contributed by atoms with van der Waals surface area (Å²) in [4.78, 5) is 16.9. The number of hydrogen-bond acceptors (Lipinski definition) is 6. The van der Waals surface area contributed by atoms with Gasteiger partial charge in [0.05, 0.1) is 37.8 Å². The number of benzene rings is 1. The number of ether oxygens (including phenoxy) is 2. The molecule has 0 spiro atoms. The average molecular weight is 402 g/mol.